The van der Waals surface area contributed by atoms with Crippen LogP contribution in [0.4, 0.5) is 0 Å². The number of oxazole rings is 1. The van der Waals surface area contributed by atoms with Crippen LogP contribution >= 0.6 is 0 Å². The van der Waals surface area contributed by atoms with Crippen LogP contribution < -0.4 is 5.32 Å². The summed E-state index contributed by atoms with van der Waals surface area (Å²) in [5.74, 6) is 2.33. The highest BCUT2D eigenvalue weighted by molar-refractivity contribution is 5.79. The first-order chi connectivity index (χ1) is 11.7. The second-order valence-corrected chi connectivity index (χ2v) is 6.60. The number of aliphatic imine (C=N–C) groups is 1. The highest BCUT2D eigenvalue weighted by Gasteiger charge is 2.19. The molecule has 2 heterocycles. The Bertz CT molecular complexity index is 690. The maximum absolute atomic E-state index is 5.61. The van der Waals surface area contributed by atoms with Crippen molar-refractivity contribution in [2.75, 3.05) is 20.1 Å². The molecule has 128 valence electrons. The lowest BCUT2D eigenvalue weighted by molar-refractivity contribution is 0.266. The zero-order valence-corrected chi connectivity index (χ0v) is 14.7. The third kappa shape index (κ3) is 3.96. The molecule has 0 amide bonds. The maximum Gasteiger partial charge on any atom is 0.226 e. The molecule has 1 aromatic carbocycles. The van der Waals surface area contributed by atoms with Crippen molar-refractivity contribution in [3.8, 4) is 11.5 Å². The summed E-state index contributed by atoms with van der Waals surface area (Å²) in [6.07, 6.45) is 4.24. The molecule has 0 aliphatic carbocycles. The highest BCUT2D eigenvalue weighted by Crippen LogP contribution is 2.19. The van der Waals surface area contributed by atoms with Gasteiger partial charge in [0.15, 0.2) is 5.96 Å². The third-order valence-corrected chi connectivity index (χ3v) is 4.45. The predicted octanol–water partition coefficient (Wildman–Crippen LogP) is 3.46. The minimum Gasteiger partial charge on any atom is -0.444 e. The number of hydrogen-bond donors (Lipinski definition) is 1. The standard InChI is InChI=1S/C19H26N4O/c1-14-6-8-16(9-7-14)18-22-17(13-24-18)11-21-19(20-3)23-10-4-5-15(2)12-23/h6-9,13,15H,4-5,10-12H2,1-3H3,(H,20,21). The molecule has 0 radical (unpaired) electrons. The van der Waals surface area contributed by atoms with E-state index in [2.05, 4.69) is 46.2 Å². The molecule has 1 aliphatic rings. The van der Waals surface area contributed by atoms with Crippen LogP contribution in [0, 0.1) is 12.8 Å². The van der Waals surface area contributed by atoms with Gasteiger partial charge < -0.3 is 14.6 Å². The van der Waals surface area contributed by atoms with Crippen molar-refractivity contribution < 1.29 is 4.42 Å². The largest absolute Gasteiger partial charge is 0.444 e. The minimum absolute atomic E-state index is 0.618. The number of rotatable bonds is 3. The fourth-order valence-electron chi connectivity index (χ4n) is 3.10. The first kappa shape index (κ1) is 16.6. The Labute approximate surface area is 143 Å². The molecule has 2 aromatic rings. The van der Waals surface area contributed by atoms with Crippen LogP contribution in [-0.4, -0.2) is 36.0 Å². The Morgan fingerprint density at radius 1 is 1.38 bits per heavy atom. The normalized spacial score (nSPS) is 18.7. The highest BCUT2D eigenvalue weighted by atomic mass is 16.3. The van der Waals surface area contributed by atoms with E-state index < -0.39 is 0 Å². The Morgan fingerprint density at radius 3 is 2.88 bits per heavy atom. The summed E-state index contributed by atoms with van der Waals surface area (Å²) in [5, 5.41) is 3.40. The van der Waals surface area contributed by atoms with E-state index in [1.807, 2.05) is 19.2 Å². The molecular weight excluding hydrogens is 300 g/mol. The zero-order chi connectivity index (χ0) is 16.9. The molecule has 1 fully saturated rings. The van der Waals surface area contributed by atoms with Crippen LogP contribution in [0.1, 0.15) is 31.0 Å². The lowest BCUT2D eigenvalue weighted by Crippen LogP contribution is -2.45. The monoisotopic (exact) mass is 326 g/mol. The smallest absolute Gasteiger partial charge is 0.226 e. The number of aryl methyl sites for hydroxylation is 1. The topological polar surface area (TPSA) is 53.7 Å². The van der Waals surface area contributed by atoms with E-state index in [1.54, 1.807) is 6.26 Å². The number of benzene rings is 1. The van der Waals surface area contributed by atoms with Gasteiger partial charge in [-0.05, 0) is 37.8 Å². The number of aromatic nitrogens is 1. The summed E-state index contributed by atoms with van der Waals surface area (Å²) in [7, 11) is 1.84. The third-order valence-electron chi connectivity index (χ3n) is 4.45. The van der Waals surface area contributed by atoms with E-state index in [1.165, 1.54) is 18.4 Å². The van der Waals surface area contributed by atoms with Crippen LogP contribution in [0.15, 0.2) is 39.9 Å². The van der Waals surface area contributed by atoms with Gasteiger partial charge >= 0.3 is 0 Å². The van der Waals surface area contributed by atoms with Crippen LogP contribution in [0.3, 0.4) is 0 Å². The van der Waals surface area contributed by atoms with Gasteiger partial charge in [-0.15, -0.1) is 0 Å². The lowest BCUT2D eigenvalue weighted by atomic mass is 10.0. The summed E-state index contributed by atoms with van der Waals surface area (Å²) in [5.41, 5.74) is 3.12. The average molecular weight is 326 g/mol. The second kappa shape index (κ2) is 7.51. The Hall–Kier alpha value is -2.30. The van der Waals surface area contributed by atoms with Gasteiger partial charge in [0.05, 0.1) is 12.2 Å². The second-order valence-electron chi connectivity index (χ2n) is 6.60. The van der Waals surface area contributed by atoms with E-state index in [0.29, 0.717) is 12.4 Å². The molecule has 1 unspecified atom stereocenters. The van der Waals surface area contributed by atoms with Gasteiger partial charge in [0.1, 0.15) is 6.26 Å². The molecule has 1 N–H and O–H groups in total. The molecule has 1 aliphatic heterocycles. The van der Waals surface area contributed by atoms with E-state index in [-0.39, 0.29) is 0 Å². The summed E-state index contributed by atoms with van der Waals surface area (Å²) in [4.78, 5) is 11.3. The molecule has 0 spiro atoms. The Morgan fingerprint density at radius 2 is 2.17 bits per heavy atom. The summed E-state index contributed by atoms with van der Waals surface area (Å²) in [6.45, 7) is 7.12. The van der Waals surface area contributed by atoms with E-state index in [0.717, 1.165) is 36.2 Å². The van der Waals surface area contributed by atoms with Crippen LogP contribution in [0.25, 0.3) is 11.5 Å². The fraction of sp³-hybridized carbons (Fsp3) is 0.474. The van der Waals surface area contributed by atoms with Crippen molar-refractivity contribution in [2.45, 2.75) is 33.2 Å². The average Bonchev–Trinajstić information content (AvgIpc) is 3.05. The number of nitrogens with zero attached hydrogens (tertiary/aromatic N) is 3. The van der Waals surface area contributed by atoms with Crippen LogP contribution in [-0.2, 0) is 6.54 Å². The van der Waals surface area contributed by atoms with Crippen molar-refractivity contribution >= 4 is 5.96 Å². The molecule has 5 nitrogen and oxygen atoms in total. The van der Waals surface area contributed by atoms with Gasteiger partial charge in [0.25, 0.3) is 0 Å². The van der Waals surface area contributed by atoms with Crippen molar-refractivity contribution in [1.29, 1.82) is 0 Å². The molecule has 0 saturated carbocycles. The van der Waals surface area contributed by atoms with Crippen molar-refractivity contribution in [3.63, 3.8) is 0 Å². The molecule has 1 atom stereocenters. The number of guanidine groups is 1. The number of piperidine rings is 1. The van der Waals surface area contributed by atoms with E-state index >= 15 is 0 Å². The fourth-order valence-corrected chi connectivity index (χ4v) is 3.10. The van der Waals surface area contributed by atoms with Crippen molar-refractivity contribution in [1.82, 2.24) is 15.2 Å². The van der Waals surface area contributed by atoms with E-state index in [4.69, 9.17) is 4.42 Å². The van der Waals surface area contributed by atoms with Gasteiger partial charge in [-0.3, -0.25) is 4.99 Å². The quantitative estimate of drug-likeness (QED) is 0.693. The molecule has 24 heavy (non-hydrogen) atoms. The molecule has 5 heteroatoms. The number of hydrogen-bond acceptors (Lipinski definition) is 3. The first-order valence-corrected chi connectivity index (χ1v) is 8.62. The Balaban J connectivity index is 1.61. The van der Waals surface area contributed by atoms with Crippen molar-refractivity contribution in [3.05, 3.63) is 41.8 Å². The van der Waals surface area contributed by atoms with Gasteiger partial charge in [0, 0.05) is 25.7 Å². The first-order valence-electron chi connectivity index (χ1n) is 8.62. The summed E-state index contributed by atoms with van der Waals surface area (Å²) >= 11 is 0. The molecule has 3 rings (SSSR count). The van der Waals surface area contributed by atoms with Gasteiger partial charge in [0.2, 0.25) is 5.89 Å². The molecule has 0 bridgehead atoms. The number of likely N-dealkylation sites (tertiary alicyclic amines) is 1. The van der Waals surface area contributed by atoms with Gasteiger partial charge in [-0.25, -0.2) is 4.98 Å². The lowest BCUT2D eigenvalue weighted by Gasteiger charge is -2.33. The zero-order valence-electron chi connectivity index (χ0n) is 14.7. The minimum atomic E-state index is 0.618. The van der Waals surface area contributed by atoms with Gasteiger partial charge in [-0.1, -0.05) is 24.6 Å². The van der Waals surface area contributed by atoms with Gasteiger partial charge in [-0.2, -0.15) is 0 Å². The van der Waals surface area contributed by atoms with E-state index in [9.17, 15) is 0 Å². The summed E-state index contributed by atoms with van der Waals surface area (Å²) < 4.78 is 5.61. The maximum atomic E-state index is 5.61. The summed E-state index contributed by atoms with van der Waals surface area (Å²) in [6, 6.07) is 8.20. The van der Waals surface area contributed by atoms with Crippen molar-refractivity contribution in [2.24, 2.45) is 10.9 Å². The Kier molecular flexibility index (Phi) is 5.18. The number of nitrogens with one attached hydrogen (secondary N) is 1. The van der Waals surface area contributed by atoms with Crippen LogP contribution in [0.2, 0.25) is 0 Å². The molecule has 1 saturated heterocycles. The van der Waals surface area contributed by atoms with Crippen LogP contribution in [0.5, 0.6) is 0 Å². The SMILES string of the molecule is CN=C(NCc1coc(-c2ccc(C)cc2)n1)N1CCCC(C)C1. The predicted molar refractivity (Wildman–Crippen MR) is 96.8 cm³/mol. The molecule has 1 aromatic heterocycles. The molecular formula is C19H26N4O.